The Balaban J connectivity index is 1.70. The highest BCUT2D eigenvalue weighted by Crippen LogP contribution is 2.44. The van der Waals surface area contributed by atoms with Crippen LogP contribution in [-0.2, 0) is 19.1 Å². The number of rotatable bonds is 6. The van der Waals surface area contributed by atoms with Crippen molar-refractivity contribution in [2.45, 2.75) is 18.4 Å². The first-order chi connectivity index (χ1) is 13.0. The van der Waals surface area contributed by atoms with Crippen LogP contribution in [0.4, 0.5) is 4.79 Å². The number of thiol groups is 1. The average molecular weight is 385 g/mol. The van der Waals surface area contributed by atoms with E-state index >= 15 is 0 Å². The van der Waals surface area contributed by atoms with Crippen LogP contribution in [0.3, 0.4) is 0 Å². The van der Waals surface area contributed by atoms with Crippen molar-refractivity contribution in [3.63, 3.8) is 0 Å². The van der Waals surface area contributed by atoms with Gasteiger partial charge < -0.3 is 14.8 Å². The van der Waals surface area contributed by atoms with Crippen molar-refractivity contribution in [3.05, 3.63) is 59.7 Å². The van der Waals surface area contributed by atoms with Crippen molar-refractivity contribution in [2.75, 3.05) is 13.7 Å². The fourth-order valence-corrected chi connectivity index (χ4v) is 3.48. The third-order valence-electron chi connectivity index (χ3n) is 4.50. The van der Waals surface area contributed by atoms with E-state index in [4.69, 9.17) is 4.74 Å². The largest absolute Gasteiger partial charge is 0.467 e. The van der Waals surface area contributed by atoms with E-state index < -0.39 is 23.2 Å². The molecular formula is C20H19NO5S. The van der Waals surface area contributed by atoms with Gasteiger partial charge in [0.15, 0.2) is 5.12 Å². The molecule has 1 aliphatic rings. The fourth-order valence-electron chi connectivity index (χ4n) is 3.29. The van der Waals surface area contributed by atoms with E-state index in [1.54, 1.807) is 0 Å². The number of esters is 1. The first-order valence-electron chi connectivity index (χ1n) is 8.42. The predicted molar refractivity (Wildman–Crippen MR) is 103 cm³/mol. The maximum Gasteiger partial charge on any atom is 0.407 e. The van der Waals surface area contributed by atoms with Crippen molar-refractivity contribution in [3.8, 4) is 11.1 Å². The molecule has 6 nitrogen and oxygen atoms in total. The number of carbonyl (C=O) groups excluding carboxylic acids is 3. The van der Waals surface area contributed by atoms with Crippen molar-refractivity contribution in [2.24, 2.45) is 0 Å². The van der Waals surface area contributed by atoms with Gasteiger partial charge in [-0.15, -0.1) is 12.6 Å². The lowest BCUT2D eigenvalue weighted by Gasteiger charge is -2.17. The summed E-state index contributed by atoms with van der Waals surface area (Å²) in [6.45, 7) is 0.114. The molecule has 0 fully saturated rings. The minimum Gasteiger partial charge on any atom is -0.467 e. The second-order valence-corrected chi connectivity index (χ2v) is 6.64. The average Bonchev–Trinajstić information content (AvgIpc) is 2.99. The van der Waals surface area contributed by atoms with Crippen LogP contribution in [0, 0.1) is 0 Å². The minimum absolute atomic E-state index is 0.0914. The van der Waals surface area contributed by atoms with Crippen molar-refractivity contribution >= 4 is 29.8 Å². The van der Waals surface area contributed by atoms with Gasteiger partial charge in [-0.3, -0.25) is 4.79 Å². The summed E-state index contributed by atoms with van der Waals surface area (Å²) in [6, 6.07) is 14.8. The minimum atomic E-state index is -1.13. The lowest BCUT2D eigenvalue weighted by atomic mass is 9.98. The number of carbonyl (C=O) groups is 3. The topological polar surface area (TPSA) is 81.7 Å². The molecule has 1 aliphatic carbocycles. The first kappa shape index (κ1) is 19.0. The monoisotopic (exact) mass is 385 g/mol. The molecule has 27 heavy (non-hydrogen) atoms. The number of nitrogens with one attached hydrogen (secondary N) is 1. The Morgan fingerprint density at radius 3 is 2.11 bits per heavy atom. The molecule has 1 unspecified atom stereocenters. The highest BCUT2D eigenvalue weighted by molar-refractivity contribution is 7.96. The number of benzene rings is 2. The molecule has 0 radical (unpaired) electrons. The Hall–Kier alpha value is -2.80. The summed E-state index contributed by atoms with van der Waals surface area (Å²) in [4.78, 5) is 35.0. The molecule has 1 N–H and O–H groups in total. The number of methoxy groups -OCH3 is 1. The van der Waals surface area contributed by atoms with Crippen molar-refractivity contribution in [1.82, 2.24) is 5.32 Å². The number of amides is 1. The van der Waals surface area contributed by atoms with E-state index in [0.29, 0.717) is 0 Å². The quantitative estimate of drug-likeness (QED) is 0.590. The molecule has 2 aromatic rings. The van der Waals surface area contributed by atoms with Gasteiger partial charge >= 0.3 is 12.1 Å². The lowest BCUT2D eigenvalue weighted by Crippen LogP contribution is -2.43. The SMILES string of the molecule is COC(=O)C(CC(=O)S)NC(=O)OCC1c2ccccc2-c2ccccc21. The number of alkyl carbamates (subject to hydrolysis) is 1. The number of ether oxygens (including phenoxy) is 2. The van der Waals surface area contributed by atoms with Crippen LogP contribution < -0.4 is 5.32 Å². The molecule has 0 bridgehead atoms. The van der Waals surface area contributed by atoms with Gasteiger partial charge in [-0.05, 0) is 22.3 Å². The lowest BCUT2D eigenvalue weighted by molar-refractivity contribution is -0.143. The van der Waals surface area contributed by atoms with Gasteiger partial charge in [0.1, 0.15) is 12.6 Å². The molecule has 2 aromatic carbocycles. The third kappa shape index (κ3) is 4.14. The van der Waals surface area contributed by atoms with Crippen LogP contribution >= 0.6 is 12.6 Å². The summed E-state index contributed by atoms with van der Waals surface area (Å²) < 4.78 is 9.94. The molecule has 1 atom stereocenters. The summed E-state index contributed by atoms with van der Waals surface area (Å²) in [5.74, 6) is -0.822. The van der Waals surface area contributed by atoms with Crippen LogP contribution in [0.1, 0.15) is 23.5 Å². The van der Waals surface area contributed by atoms with Crippen LogP contribution in [-0.4, -0.2) is 36.9 Å². The van der Waals surface area contributed by atoms with E-state index in [0.717, 1.165) is 22.3 Å². The van der Waals surface area contributed by atoms with E-state index in [9.17, 15) is 14.4 Å². The Morgan fingerprint density at radius 2 is 1.59 bits per heavy atom. The van der Waals surface area contributed by atoms with E-state index in [2.05, 4.69) is 22.7 Å². The number of hydrogen-bond donors (Lipinski definition) is 2. The fraction of sp³-hybridized carbons (Fsp3) is 0.250. The van der Waals surface area contributed by atoms with Crippen LogP contribution in [0.25, 0.3) is 11.1 Å². The third-order valence-corrected chi connectivity index (χ3v) is 4.68. The van der Waals surface area contributed by atoms with Gasteiger partial charge in [0.2, 0.25) is 0 Å². The Morgan fingerprint density at radius 1 is 1.04 bits per heavy atom. The molecular weight excluding hydrogens is 366 g/mol. The van der Waals surface area contributed by atoms with Gasteiger partial charge in [0.25, 0.3) is 0 Å². The molecule has 0 aromatic heterocycles. The first-order valence-corrected chi connectivity index (χ1v) is 8.87. The molecule has 0 saturated heterocycles. The van der Waals surface area contributed by atoms with Gasteiger partial charge in [-0.1, -0.05) is 48.5 Å². The maximum atomic E-state index is 12.2. The van der Waals surface area contributed by atoms with E-state index in [-0.39, 0.29) is 18.9 Å². The Kier molecular flexibility index (Phi) is 5.81. The smallest absolute Gasteiger partial charge is 0.407 e. The highest BCUT2D eigenvalue weighted by Gasteiger charge is 2.30. The molecule has 7 heteroatoms. The van der Waals surface area contributed by atoms with E-state index in [1.165, 1.54) is 7.11 Å². The van der Waals surface area contributed by atoms with Crippen LogP contribution in [0.5, 0.6) is 0 Å². The molecule has 0 aliphatic heterocycles. The molecule has 1 amide bonds. The molecule has 0 saturated carbocycles. The Labute approximate surface area is 162 Å². The van der Waals surface area contributed by atoms with Crippen LogP contribution in [0.2, 0.25) is 0 Å². The molecule has 3 rings (SSSR count). The summed E-state index contributed by atoms with van der Waals surface area (Å²) in [5.41, 5.74) is 4.41. The Bertz CT molecular complexity index is 837. The zero-order valence-corrected chi connectivity index (χ0v) is 15.6. The summed E-state index contributed by atoms with van der Waals surface area (Å²) in [7, 11) is 1.18. The number of hydrogen-bond acceptors (Lipinski definition) is 5. The normalized spacial score (nSPS) is 13.3. The van der Waals surface area contributed by atoms with Crippen molar-refractivity contribution < 1.29 is 23.9 Å². The standard InChI is InChI=1S/C20H19NO5S/c1-25-19(23)17(10-18(22)27)21-20(24)26-11-16-14-8-4-2-6-12(14)13-7-3-5-9-15(13)16/h2-9,16-17H,10-11H2,1H3,(H,21,24)(H,22,27). The van der Waals surface area contributed by atoms with Crippen molar-refractivity contribution in [1.29, 1.82) is 0 Å². The van der Waals surface area contributed by atoms with Gasteiger partial charge in [-0.25, -0.2) is 9.59 Å². The second-order valence-electron chi connectivity index (χ2n) is 6.14. The zero-order chi connectivity index (χ0) is 19.4. The zero-order valence-electron chi connectivity index (χ0n) is 14.7. The summed E-state index contributed by atoms with van der Waals surface area (Å²) in [5, 5.41) is 1.83. The van der Waals surface area contributed by atoms with Gasteiger partial charge in [0, 0.05) is 12.3 Å². The van der Waals surface area contributed by atoms with E-state index in [1.807, 2.05) is 48.5 Å². The summed E-state index contributed by atoms with van der Waals surface area (Å²) >= 11 is 3.64. The van der Waals surface area contributed by atoms with Gasteiger partial charge in [-0.2, -0.15) is 0 Å². The predicted octanol–water partition coefficient (Wildman–Crippen LogP) is 2.91. The second kappa shape index (κ2) is 8.26. The van der Waals surface area contributed by atoms with Crippen LogP contribution in [0.15, 0.2) is 48.5 Å². The van der Waals surface area contributed by atoms with Gasteiger partial charge in [0.05, 0.1) is 7.11 Å². The summed E-state index contributed by atoms with van der Waals surface area (Å²) in [6.07, 6.45) is -1.07. The highest BCUT2D eigenvalue weighted by atomic mass is 32.1. The molecule has 0 spiro atoms. The number of fused-ring (bicyclic) bond motifs is 3. The maximum absolute atomic E-state index is 12.2. The molecule has 140 valence electrons. The molecule has 0 heterocycles.